The van der Waals surface area contributed by atoms with E-state index in [1.807, 2.05) is 0 Å². The van der Waals surface area contributed by atoms with E-state index in [2.05, 4.69) is 19.9 Å². The van der Waals surface area contributed by atoms with E-state index < -0.39 is 10.4 Å². The summed E-state index contributed by atoms with van der Waals surface area (Å²) in [6.45, 7) is 4.69. The van der Waals surface area contributed by atoms with Crippen molar-refractivity contribution in [1.29, 1.82) is 0 Å². The van der Waals surface area contributed by atoms with Crippen LogP contribution in [0.3, 0.4) is 0 Å². The molecule has 3 saturated carbocycles. The van der Waals surface area contributed by atoms with Crippen LogP contribution in [0.25, 0.3) is 0 Å². The molecule has 0 unspecified atom stereocenters. The first-order chi connectivity index (χ1) is 11.9. The van der Waals surface area contributed by atoms with E-state index in [1.54, 1.807) is 0 Å². The van der Waals surface area contributed by atoms with Gasteiger partial charge in [-0.2, -0.15) is 8.42 Å². The number of rotatable bonds is 0. The van der Waals surface area contributed by atoms with Gasteiger partial charge in [-0.05, 0) is 68.1 Å². The molecule has 6 atom stereocenters. The molecule has 4 aliphatic rings. The second-order valence-corrected chi connectivity index (χ2v) is 9.92. The molecule has 0 aromatic carbocycles. The van der Waals surface area contributed by atoms with E-state index in [4.69, 9.17) is 17.5 Å². The maximum atomic E-state index is 12.4. The van der Waals surface area contributed by atoms with E-state index in [1.165, 1.54) is 12.0 Å². The molecule has 0 saturated heterocycles. The van der Waals surface area contributed by atoms with Gasteiger partial charge in [0.05, 0.1) is 6.10 Å². The summed E-state index contributed by atoms with van der Waals surface area (Å²) in [7, 11) is -4.67. The van der Waals surface area contributed by atoms with Crippen molar-refractivity contribution in [1.82, 2.24) is 0 Å². The summed E-state index contributed by atoms with van der Waals surface area (Å²) in [5.74, 6) is 2.60. The van der Waals surface area contributed by atoms with Crippen LogP contribution in [0, 0.1) is 28.6 Å². The molecule has 0 bridgehead atoms. The van der Waals surface area contributed by atoms with Crippen molar-refractivity contribution in [3.8, 4) is 0 Å². The van der Waals surface area contributed by atoms with E-state index in [9.17, 15) is 9.90 Å². The predicted octanol–water partition coefficient (Wildman–Crippen LogP) is 0.928. The number of hydrogen-bond donors (Lipinski definition) is 3. The third-order valence-electron chi connectivity index (χ3n) is 7.79. The van der Waals surface area contributed by atoms with Gasteiger partial charge in [0, 0.05) is 11.8 Å². The van der Waals surface area contributed by atoms with Gasteiger partial charge < -0.3 is 16.1 Å². The Morgan fingerprint density at radius 2 is 1.52 bits per heavy atom. The molecule has 8 nitrogen and oxygen atoms in total. The number of ketones is 1. The number of Topliss-reactive ketones (excluding diaryl/α,β-unsaturated/α-hetero) is 1. The Labute approximate surface area is 195 Å². The average molecular weight is 447 g/mol. The molecule has 29 heavy (non-hydrogen) atoms. The van der Waals surface area contributed by atoms with Gasteiger partial charge in [-0.15, -0.1) is 0 Å². The second-order valence-electron chi connectivity index (χ2n) is 9.02. The topological polar surface area (TPSA) is 175 Å². The Hall–Kier alpha value is 0.160. The van der Waals surface area contributed by atoms with Crippen LogP contribution in [0.4, 0.5) is 0 Å². The average Bonchev–Trinajstić information content (AvgIpc) is 2.82. The van der Waals surface area contributed by atoms with E-state index in [-0.39, 0.29) is 52.0 Å². The Bertz CT molecular complexity index is 716. The molecule has 10 heteroatoms. The molecule has 4 aliphatic carbocycles. The normalized spacial score (nSPS) is 40.2. The summed E-state index contributed by atoms with van der Waals surface area (Å²) in [6, 6.07) is 0. The summed E-state index contributed by atoms with van der Waals surface area (Å²) < 4.78 is 31.6. The van der Waals surface area contributed by atoms with Crippen molar-refractivity contribution >= 4 is 45.7 Å². The van der Waals surface area contributed by atoms with Gasteiger partial charge >= 0.3 is 40.0 Å². The molecular formula is C19H35NaO8S. The fraction of sp³-hybridized carbons (Fsp3) is 0.842. The second kappa shape index (κ2) is 10.2. The number of aliphatic hydroxyl groups excluding tert-OH is 1. The van der Waals surface area contributed by atoms with Crippen LogP contribution in [0.1, 0.15) is 65.2 Å². The molecule has 0 aromatic rings. The van der Waals surface area contributed by atoms with Gasteiger partial charge in [0.25, 0.3) is 0 Å². The molecule has 4 rings (SSSR count). The Morgan fingerprint density at radius 1 is 1.00 bits per heavy atom. The zero-order valence-corrected chi connectivity index (χ0v) is 17.3. The standard InChI is InChI=1S/C19H28O2.Na.H2O4S.2H2O.H/c1-18-9-7-13(20)11-12(18)3-4-14-15-5-6-17(21)19(15,2)10-8-16(14)18;;1-5(2,3)4;;;/h3,13-16,20H,4-11H2,1-2H3;;(H2,1,2,3,4);2*1H2;/t13-,14-,15-,16-,18-,19-;;;;;/m0...../s1. The predicted molar refractivity (Wildman–Crippen MR) is 111 cm³/mol. The van der Waals surface area contributed by atoms with Crippen LogP contribution < -0.4 is 0 Å². The van der Waals surface area contributed by atoms with Crippen LogP contribution in [-0.4, -0.2) is 75.0 Å². The molecule has 166 valence electrons. The van der Waals surface area contributed by atoms with Gasteiger partial charge in [0.1, 0.15) is 5.78 Å². The Kier molecular flexibility index (Phi) is 10.2. The van der Waals surface area contributed by atoms with Crippen molar-refractivity contribution in [2.45, 2.75) is 71.3 Å². The van der Waals surface area contributed by atoms with Gasteiger partial charge in [-0.3, -0.25) is 13.9 Å². The molecule has 0 aromatic heterocycles. The zero-order chi connectivity index (χ0) is 19.3. The third-order valence-corrected chi connectivity index (χ3v) is 7.79. The number of carbonyl (C=O) groups excluding carboxylic acids is 1. The van der Waals surface area contributed by atoms with E-state index in [0.717, 1.165) is 50.9 Å². The van der Waals surface area contributed by atoms with Crippen molar-refractivity contribution < 1.29 is 38.4 Å². The van der Waals surface area contributed by atoms with Crippen LogP contribution >= 0.6 is 0 Å². The van der Waals surface area contributed by atoms with Crippen molar-refractivity contribution in [3.05, 3.63) is 11.6 Å². The summed E-state index contributed by atoms with van der Waals surface area (Å²) >= 11 is 0. The van der Waals surface area contributed by atoms with Crippen molar-refractivity contribution in [3.63, 3.8) is 0 Å². The molecule has 0 heterocycles. The first-order valence-electron chi connectivity index (χ1n) is 9.56. The summed E-state index contributed by atoms with van der Waals surface area (Å²) in [5, 5.41) is 10.00. The molecule has 0 radical (unpaired) electrons. The first kappa shape index (κ1) is 29.2. The first-order valence-corrected chi connectivity index (χ1v) is 11.0. The number of aliphatic hydroxyl groups is 1. The van der Waals surface area contributed by atoms with Gasteiger partial charge in [-0.25, -0.2) is 0 Å². The molecule has 0 spiro atoms. The number of carbonyl (C=O) groups is 1. The summed E-state index contributed by atoms with van der Waals surface area (Å²) in [5.41, 5.74) is 1.81. The maximum absolute atomic E-state index is 12.4. The minimum atomic E-state index is -4.67. The number of hydrogen-bond acceptors (Lipinski definition) is 4. The Balaban J connectivity index is 0.000000887. The van der Waals surface area contributed by atoms with Gasteiger partial charge in [0.15, 0.2) is 0 Å². The van der Waals surface area contributed by atoms with Crippen molar-refractivity contribution in [2.24, 2.45) is 28.6 Å². The number of fused-ring (bicyclic) bond motifs is 5. The molecule has 7 N–H and O–H groups in total. The monoisotopic (exact) mass is 446 g/mol. The fourth-order valence-electron chi connectivity index (χ4n) is 6.41. The van der Waals surface area contributed by atoms with E-state index >= 15 is 0 Å². The van der Waals surface area contributed by atoms with Crippen LogP contribution in [0.5, 0.6) is 0 Å². The van der Waals surface area contributed by atoms with E-state index in [0.29, 0.717) is 23.0 Å². The molecule has 3 fully saturated rings. The Morgan fingerprint density at radius 3 is 2.10 bits per heavy atom. The van der Waals surface area contributed by atoms with Crippen LogP contribution in [0.2, 0.25) is 0 Å². The SMILES string of the molecule is C[C@]12CC[C@H](O)CC1=CC[C@@H]1[C@@H]2CC[C@]2(C)C(=O)CC[C@@H]12.O.O.O=S(=O)(O)O.[NaH]. The third kappa shape index (κ3) is 5.70. The van der Waals surface area contributed by atoms with Crippen LogP contribution in [-0.2, 0) is 15.2 Å². The quantitative estimate of drug-likeness (QED) is 0.283. The summed E-state index contributed by atoms with van der Waals surface area (Å²) in [6.07, 6.45) is 10.7. The molecular weight excluding hydrogens is 411 g/mol. The van der Waals surface area contributed by atoms with Gasteiger partial charge in [0.2, 0.25) is 0 Å². The molecule has 0 aliphatic heterocycles. The van der Waals surface area contributed by atoms with Gasteiger partial charge in [-0.1, -0.05) is 25.5 Å². The molecule has 0 amide bonds. The number of allylic oxidation sites excluding steroid dienone is 1. The minimum absolute atomic E-state index is 0. The zero-order valence-electron chi connectivity index (χ0n) is 16.5. The summed E-state index contributed by atoms with van der Waals surface area (Å²) in [4.78, 5) is 12.4. The fourth-order valence-corrected chi connectivity index (χ4v) is 6.41. The van der Waals surface area contributed by atoms with Crippen LogP contribution in [0.15, 0.2) is 11.6 Å². The van der Waals surface area contributed by atoms with Crippen molar-refractivity contribution in [2.75, 3.05) is 0 Å².